The molecular weight excluding hydrogens is 307 g/mol. The second-order valence-corrected chi connectivity index (χ2v) is 7.40. The Labute approximate surface area is 142 Å². The molecule has 4 nitrogen and oxygen atoms in total. The first kappa shape index (κ1) is 16.9. The summed E-state index contributed by atoms with van der Waals surface area (Å²) in [6.45, 7) is 1.09. The van der Waals surface area contributed by atoms with Crippen molar-refractivity contribution in [2.45, 2.75) is 32.1 Å². The third-order valence-electron chi connectivity index (χ3n) is 5.64. The summed E-state index contributed by atoms with van der Waals surface area (Å²) in [5.74, 6) is -0.445. The first-order valence-electron chi connectivity index (χ1n) is 8.65. The summed E-state index contributed by atoms with van der Waals surface area (Å²) in [5, 5.41) is 0. The molecule has 1 heterocycles. The van der Waals surface area contributed by atoms with Crippen molar-refractivity contribution in [2.75, 3.05) is 27.2 Å². The van der Waals surface area contributed by atoms with Gasteiger partial charge in [-0.1, -0.05) is 31.0 Å². The molecule has 0 radical (unpaired) electrons. The first-order chi connectivity index (χ1) is 11.4. The van der Waals surface area contributed by atoms with E-state index in [-0.39, 0.29) is 35.4 Å². The van der Waals surface area contributed by atoms with Crippen LogP contribution < -0.4 is 0 Å². The Bertz CT molecular complexity index is 638. The van der Waals surface area contributed by atoms with E-state index >= 15 is 0 Å². The smallest absolute Gasteiger partial charge is 0.227 e. The molecule has 1 atom stereocenters. The van der Waals surface area contributed by atoms with Gasteiger partial charge in [-0.25, -0.2) is 4.39 Å². The van der Waals surface area contributed by atoms with Crippen LogP contribution in [0.5, 0.6) is 0 Å². The van der Waals surface area contributed by atoms with Crippen LogP contribution in [0.25, 0.3) is 0 Å². The molecule has 0 N–H and O–H groups in total. The van der Waals surface area contributed by atoms with Crippen LogP contribution in [-0.4, -0.2) is 48.8 Å². The lowest BCUT2D eigenvalue weighted by atomic mass is 9.76. The number of carbonyl (C=O) groups excluding carboxylic acids is 2. The van der Waals surface area contributed by atoms with Crippen molar-refractivity contribution in [1.29, 1.82) is 0 Å². The van der Waals surface area contributed by atoms with Gasteiger partial charge in [0.1, 0.15) is 5.82 Å². The summed E-state index contributed by atoms with van der Waals surface area (Å²) < 4.78 is 13.8. The van der Waals surface area contributed by atoms with Gasteiger partial charge in [-0.3, -0.25) is 9.59 Å². The molecule has 1 aliphatic heterocycles. The van der Waals surface area contributed by atoms with Gasteiger partial charge >= 0.3 is 0 Å². The lowest BCUT2D eigenvalue weighted by Gasteiger charge is -2.30. The van der Waals surface area contributed by atoms with Crippen LogP contribution in [0.15, 0.2) is 24.3 Å². The van der Waals surface area contributed by atoms with E-state index in [1.165, 1.54) is 6.07 Å². The molecule has 1 spiro atoms. The van der Waals surface area contributed by atoms with Crippen LogP contribution in [0.4, 0.5) is 4.39 Å². The Morgan fingerprint density at radius 3 is 2.54 bits per heavy atom. The molecule has 2 aliphatic rings. The van der Waals surface area contributed by atoms with E-state index in [1.54, 1.807) is 42.1 Å². The van der Waals surface area contributed by atoms with Gasteiger partial charge in [0.15, 0.2) is 0 Å². The second-order valence-electron chi connectivity index (χ2n) is 7.40. The van der Waals surface area contributed by atoms with Crippen LogP contribution >= 0.6 is 0 Å². The minimum absolute atomic E-state index is 0.0611. The van der Waals surface area contributed by atoms with Crippen LogP contribution in [0, 0.1) is 17.2 Å². The normalized spacial score (nSPS) is 22.1. The van der Waals surface area contributed by atoms with E-state index in [9.17, 15) is 14.0 Å². The zero-order valence-electron chi connectivity index (χ0n) is 14.4. The van der Waals surface area contributed by atoms with Crippen molar-refractivity contribution < 1.29 is 14.0 Å². The standard InChI is InChI=1S/C19H25FN2O2/c1-21(2)18(24)15-12-22(13-19(15)9-5-6-10-19)17(23)11-14-7-3-4-8-16(14)20/h3-4,7-8,15H,5-6,9-13H2,1-2H3. The largest absolute Gasteiger partial charge is 0.349 e. The highest BCUT2D eigenvalue weighted by Gasteiger charge is 2.52. The highest BCUT2D eigenvalue weighted by molar-refractivity contribution is 5.84. The summed E-state index contributed by atoms with van der Waals surface area (Å²) >= 11 is 0. The first-order valence-corrected chi connectivity index (χ1v) is 8.65. The fourth-order valence-electron chi connectivity index (χ4n) is 4.31. The molecule has 1 aromatic rings. The fraction of sp³-hybridized carbons (Fsp3) is 0.579. The monoisotopic (exact) mass is 332 g/mol. The Morgan fingerprint density at radius 2 is 1.92 bits per heavy atom. The van der Waals surface area contributed by atoms with Crippen LogP contribution in [-0.2, 0) is 16.0 Å². The van der Waals surface area contributed by atoms with E-state index in [0.717, 1.165) is 25.7 Å². The number of halogens is 1. The number of likely N-dealkylation sites (tertiary alicyclic amines) is 1. The molecule has 5 heteroatoms. The Morgan fingerprint density at radius 1 is 1.25 bits per heavy atom. The molecule has 24 heavy (non-hydrogen) atoms. The van der Waals surface area contributed by atoms with Gasteiger partial charge in [0, 0.05) is 32.6 Å². The quantitative estimate of drug-likeness (QED) is 0.853. The summed E-state index contributed by atoms with van der Waals surface area (Å²) in [7, 11) is 3.55. The number of amides is 2. The van der Waals surface area contributed by atoms with Gasteiger partial charge in [-0.15, -0.1) is 0 Å². The van der Waals surface area contributed by atoms with Gasteiger partial charge in [0.25, 0.3) is 0 Å². The summed E-state index contributed by atoms with van der Waals surface area (Å²) in [5.41, 5.74) is 0.344. The van der Waals surface area contributed by atoms with E-state index in [0.29, 0.717) is 18.7 Å². The van der Waals surface area contributed by atoms with Gasteiger partial charge in [0.2, 0.25) is 11.8 Å². The molecule has 1 saturated heterocycles. The van der Waals surface area contributed by atoms with Gasteiger partial charge in [-0.05, 0) is 24.5 Å². The molecule has 130 valence electrons. The summed E-state index contributed by atoms with van der Waals surface area (Å²) in [4.78, 5) is 28.7. The number of benzene rings is 1. The third kappa shape index (κ3) is 3.04. The Hall–Kier alpha value is -1.91. The zero-order chi connectivity index (χ0) is 17.3. The van der Waals surface area contributed by atoms with Crippen molar-refractivity contribution >= 4 is 11.8 Å². The maximum absolute atomic E-state index is 13.8. The maximum atomic E-state index is 13.8. The zero-order valence-corrected chi connectivity index (χ0v) is 14.4. The highest BCUT2D eigenvalue weighted by Crippen LogP contribution is 2.49. The summed E-state index contributed by atoms with van der Waals surface area (Å²) in [6, 6.07) is 6.39. The lowest BCUT2D eigenvalue weighted by Crippen LogP contribution is -2.39. The third-order valence-corrected chi connectivity index (χ3v) is 5.64. The average molecular weight is 332 g/mol. The van der Waals surface area contributed by atoms with E-state index in [4.69, 9.17) is 0 Å². The number of hydrogen-bond donors (Lipinski definition) is 0. The molecule has 1 aromatic carbocycles. The van der Waals surface area contributed by atoms with Gasteiger partial charge < -0.3 is 9.80 Å². The number of nitrogens with zero attached hydrogens (tertiary/aromatic N) is 2. The molecular formula is C19H25FN2O2. The molecule has 2 fully saturated rings. The second kappa shape index (κ2) is 6.54. The van der Waals surface area contributed by atoms with E-state index in [2.05, 4.69) is 0 Å². The molecule has 0 aromatic heterocycles. The minimum Gasteiger partial charge on any atom is -0.349 e. The van der Waals surface area contributed by atoms with E-state index < -0.39 is 0 Å². The SMILES string of the molecule is CN(C)C(=O)C1CN(C(=O)Cc2ccccc2F)CC12CCCC2. The predicted octanol–water partition coefficient (Wildman–Crippen LogP) is 2.48. The highest BCUT2D eigenvalue weighted by atomic mass is 19.1. The number of carbonyl (C=O) groups is 2. The number of hydrogen-bond acceptors (Lipinski definition) is 2. The Kier molecular flexibility index (Phi) is 4.61. The number of rotatable bonds is 3. The van der Waals surface area contributed by atoms with Crippen molar-refractivity contribution in [1.82, 2.24) is 9.80 Å². The predicted molar refractivity (Wildman–Crippen MR) is 89.8 cm³/mol. The lowest BCUT2D eigenvalue weighted by molar-refractivity contribution is -0.135. The van der Waals surface area contributed by atoms with Crippen LogP contribution in [0.3, 0.4) is 0 Å². The molecule has 1 unspecified atom stereocenters. The van der Waals surface area contributed by atoms with Gasteiger partial charge in [-0.2, -0.15) is 0 Å². The Balaban J connectivity index is 1.76. The molecule has 3 rings (SSSR count). The summed E-state index contributed by atoms with van der Waals surface area (Å²) in [6.07, 6.45) is 4.30. The van der Waals surface area contributed by atoms with Gasteiger partial charge in [0.05, 0.1) is 12.3 Å². The van der Waals surface area contributed by atoms with Crippen molar-refractivity contribution in [3.8, 4) is 0 Å². The average Bonchev–Trinajstić information content (AvgIpc) is 3.17. The van der Waals surface area contributed by atoms with Crippen LogP contribution in [0.1, 0.15) is 31.2 Å². The molecule has 2 amide bonds. The van der Waals surface area contributed by atoms with Crippen molar-refractivity contribution in [2.24, 2.45) is 11.3 Å². The molecule has 1 saturated carbocycles. The molecule has 1 aliphatic carbocycles. The maximum Gasteiger partial charge on any atom is 0.227 e. The van der Waals surface area contributed by atoms with E-state index in [1.807, 2.05) is 0 Å². The topological polar surface area (TPSA) is 40.6 Å². The minimum atomic E-state index is -0.346. The van der Waals surface area contributed by atoms with Crippen LogP contribution in [0.2, 0.25) is 0 Å². The fourth-order valence-corrected chi connectivity index (χ4v) is 4.31. The molecule has 0 bridgehead atoms. The van der Waals surface area contributed by atoms with Crippen molar-refractivity contribution in [3.05, 3.63) is 35.6 Å². The van der Waals surface area contributed by atoms with Crippen molar-refractivity contribution in [3.63, 3.8) is 0 Å².